The number of aromatic nitrogens is 2. The zero-order valence-electron chi connectivity index (χ0n) is 10.9. The third-order valence-corrected chi connectivity index (χ3v) is 3.76. The molecule has 0 aliphatic heterocycles. The lowest BCUT2D eigenvalue weighted by Crippen LogP contribution is -1.99. The van der Waals surface area contributed by atoms with Crippen LogP contribution in [-0.2, 0) is 5.75 Å². The highest BCUT2D eigenvalue weighted by Crippen LogP contribution is 2.23. The summed E-state index contributed by atoms with van der Waals surface area (Å²) in [5.41, 5.74) is 9.25. The Bertz CT molecular complexity index is 547. The second-order valence-corrected chi connectivity index (χ2v) is 5.43. The first kappa shape index (κ1) is 12.9. The summed E-state index contributed by atoms with van der Waals surface area (Å²) in [7, 11) is 0. The van der Waals surface area contributed by atoms with Gasteiger partial charge in [0.15, 0.2) is 0 Å². The van der Waals surface area contributed by atoms with Gasteiger partial charge in [-0.2, -0.15) is 0 Å². The van der Waals surface area contributed by atoms with Gasteiger partial charge in [0, 0.05) is 16.7 Å². The van der Waals surface area contributed by atoms with Crippen molar-refractivity contribution in [3.63, 3.8) is 0 Å². The van der Waals surface area contributed by atoms with E-state index in [-0.39, 0.29) is 0 Å². The second-order valence-electron chi connectivity index (χ2n) is 4.39. The molecule has 0 amide bonds. The minimum absolute atomic E-state index is 0.540. The van der Waals surface area contributed by atoms with Crippen LogP contribution in [-0.4, -0.2) is 9.97 Å². The molecule has 0 spiro atoms. The number of hydrogen-bond donors (Lipinski definition) is 1. The van der Waals surface area contributed by atoms with E-state index in [1.807, 2.05) is 6.92 Å². The molecule has 1 heterocycles. The summed E-state index contributed by atoms with van der Waals surface area (Å²) >= 11 is 1.73. The first-order valence-electron chi connectivity index (χ1n) is 5.84. The Morgan fingerprint density at radius 1 is 1.06 bits per heavy atom. The summed E-state index contributed by atoms with van der Waals surface area (Å²) in [5.74, 6) is 2.07. The fraction of sp³-hybridized carbons (Fsp3) is 0.286. The van der Waals surface area contributed by atoms with Crippen molar-refractivity contribution in [1.29, 1.82) is 0 Å². The molecule has 18 heavy (non-hydrogen) atoms. The van der Waals surface area contributed by atoms with Crippen LogP contribution in [0.2, 0.25) is 0 Å². The molecule has 1 aromatic carbocycles. The summed E-state index contributed by atoms with van der Waals surface area (Å²) in [5, 5.41) is 0. The van der Waals surface area contributed by atoms with Crippen LogP contribution in [0.4, 0.5) is 5.82 Å². The van der Waals surface area contributed by atoms with E-state index in [9.17, 15) is 0 Å². The Morgan fingerprint density at radius 3 is 2.50 bits per heavy atom. The number of anilines is 1. The van der Waals surface area contributed by atoms with Crippen molar-refractivity contribution in [1.82, 2.24) is 9.97 Å². The Labute approximate surface area is 112 Å². The van der Waals surface area contributed by atoms with Gasteiger partial charge in [-0.05, 0) is 44.0 Å². The highest BCUT2D eigenvalue weighted by Gasteiger charge is 2.02. The third kappa shape index (κ3) is 3.23. The van der Waals surface area contributed by atoms with Crippen molar-refractivity contribution in [2.45, 2.75) is 31.4 Å². The third-order valence-electron chi connectivity index (χ3n) is 2.77. The second kappa shape index (κ2) is 5.40. The summed E-state index contributed by atoms with van der Waals surface area (Å²) in [6.07, 6.45) is 0. The van der Waals surface area contributed by atoms with Gasteiger partial charge in [0.2, 0.25) is 0 Å². The molecule has 0 saturated carbocycles. The van der Waals surface area contributed by atoms with Crippen LogP contribution in [0.1, 0.15) is 22.6 Å². The molecule has 94 valence electrons. The Morgan fingerprint density at radius 2 is 1.83 bits per heavy atom. The number of thioether (sulfide) groups is 1. The first-order valence-corrected chi connectivity index (χ1v) is 6.83. The SMILES string of the molecule is Cc1cc(N)nc(CSc2ccc(C)c(C)c2)n1. The van der Waals surface area contributed by atoms with Crippen molar-refractivity contribution < 1.29 is 0 Å². The lowest BCUT2D eigenvalue weighted by molar-refractivity contribution is 1.00. The smallest absolute Gasteiger partial charge is 0.141 e. The molecule has 0 radical (unpaired) electrons. The summed E-state index contributed by atoms with van der Waals surface area (Å²) < 4.78 is 0. The molecule has 0 aliphatic rings. The van der Waals surface area contributed by atoms with E-state index in [0.717, 1.165) is 17.3 Å². The molecule has 2 aromatic rings. The summed E-state index contributed by atoms with van der Waals surface area (Å²) in [4.78, 5) is 9.85. The van der Waals surface area contributed by atoms with Crippen LogP contribution in [0.5, 0.6) is 0 Å². The molecular formula is C14H17N3S. The summed E-state index contributed by atoms with van der Waals surface area (Å²) in [6, 6.07) is 8.25. The number of nitrogens with two attached hydrogens (primary N) is 1. The van der Waals surface area contributed by atoms with Gasteiger partial charge in [-0.25, -0.2) is 9.97 Å². The van der Waals surface area contributed by atoms with E-state index < -0.39 is 0 Å². The topological polar surface area (TPSA) is 51.8 Å². The molecule has 2 N–H and O–H groups in total. The Hall–Kier alpha value is -1.55. The standard InChI is InChI=1S/C14H17N3S/c1-9-4-5-12(6-10(9)2)18-8-14-16-11(3)7-13(15)17-14/h4-7H,8H2,1-3H3,(H2,15,16,17). The van der Waals surface area contributed by atoms with Gasteiger partial charge in [-0.3, -0.25) is 0 Å². The molecule has 0 saturated heterocycles. The summed E-state index contributed by atoms with van der Waals surface area (Å²) in [6.45, 7) is 6.18. The lowest BCUT2D eigenvalue weighted by Gasteiger charge is -2.05. The number of benzene rings is 1. The van der Waals surface area contributed by atoms with Crippen molar-refractivity contribution in [3.8, 4) is 0 Å². The van der Waals surface area contributed by atoms with E-state index in [0.29, 0.717) is 5.82 Å². The molecule has 3 nitrogen and oxygen atoms in total. The zero-order chi connectivity index (χ0) is 13.1. The number of hydrogen-bond acceptors (Lipinski definition) is 4. The quantitative estimate of drug-likeness (QED) is 0.859. The number of nitrogen functional groups attached to an aromatic ring is 1. The normalized spacial score (nSPS) is 10.6. The van der Waals surface area contributed by atoms with Crippen molar-refractivity contribution in [3.05, 3.63) is 46.9 Å². The predicted molar refractivity (Wildman–Crippen MR) is 76.7 cm³/mol. The van der Waals surface area contributed by atoms with E-state index in [1.165, 1.54) is 16.0 Å². The average Bonchev–Trinajstić information content (AvgIpc) is 2.29. The monoisotopic (exact) mass is 259 g/mol. The van der Waals surface area contributed by atoms with Crippen LogP contribution in [0.25, 0.3) is 0 Å². The average molecular weight is 259 g/mol. The highest BCUT2D eigenvalue weighted by molar-refractivity contribution is 7.98. The Kier molecular flexibility index (Phi) is 3.87. The van der Waals surface area contributed by atoms with Crippen LogP contribution in [0, 0.1) is 20.8 Å². The van der Waals surface area contributed by atoms with Crippen molar-refractivity contribution in [2.75, 3.05) is 5.73 Å². The molecule has 0 unspecified atom stereocenters. The van der Waals surface area contributed by atoms with Gasteiger partial charge in [0.05, 0.1) is 5.75 Å². The van der Waals surface area contributed by atoms with Crippen LogP contribution in [0.3, 0.4) is 0 Å². The molecule has 0 aliphatic carbocycles. The molecule has 1 aromatic heterocycles. The number of rotatable bonds is 3. The van der Waals surface area contributed by atoms with Gasteiger partial charge >= 0.3 is 0 Å². The van der Waals surface area contributed by atoms with Crippen molar-refractivity contribution >= 4 is 17.6 Å². The Balaban J connectivity index is 2.08. The minimum Gasteiger partial charge on any atom is -0.384 e. The van der Waals surface area contributed by atoms with Crippen LogP contribution >= 0.6 is 11.8 Å². The van der Waals surface area contributed by atoms with E-state index in [4.69, 9.17) is 5.73 Å². The maximum absolute atomic E-state index is 5.71. The van der Waals surface area contributed by atoms with Gasteiger partial charge < -0.3 is 5.73 Å². The van der Waals surface area contributed by atoms with Crippen LogP contribution in [0.15, 0.2) is 29.2 Å². The fourth-order valence-corrected chi connectivity index (χ4v) is 2.52. The zero-order valence-corrected chi connectivity index (χ0v) is 11.7. The maximum atomic E-state index is 5.71. The van der Waals surface area contributed by atoms with E-state index in [1.54, 1.807) is 17.8 Å². The maximum Gasteiger partial charge on any atom is 0.141 e. The molecule has 0 fully saturated rings. The predicted octanol–water partition coefficient (Wildman–Crippen LogP) is 3.28. The van der Waals surface area contributed by atoms with Crippen LogP contribution < -0.4 is 5.73 Å². The minimum atomic E-state index is 0.540. The largest absolute Gasteiger partial charge is 0.384 e. The van der Waals surface area contributed by atoms with Gasteiger partial charge in [-0.1, -0.05) is 6.07 Å². The van der Waals surface area contributed by atoms with Crippen molar-refractivity contribution in [2.24, 2.45) is 0 Å². The van der Waals surface area contributed by atoms with Gasteiger partial charge in [0.25, 0.3) is 0 Å². The molecule has 0 atom stereocenters. The molecule has 4 heteroatoms. The van der Waals surface area contributed by atoms with Gasteiger partial charge in [-0.15, -0.1) is 11.8 Å². The molecule has 0 bridgehead atoms. The number of nitrogens with zero attached hydrogens (tertiary/aromatic N) is 2. The lowest BCUT2D eigenvalue weighted by atomic mass is 10.1. The fourth-order valence-electron chi connectivity index (χ4n) is 1.67. The van der Waals surface area contributed by atoms with E-state index >= 15 is 0 Å². The first-order chi connectivity index (χ1) is 8.54. The molecule has 2 rings (SSSR count). The molecular weight excluding hydrogens is 242 g/mol. The van der Waals surface area contributed by atoms with Gasteiger partial charge in [0.1, 0.15) is 11.6 Å². The highest BCUT2D eigenvalue weighted by atomic mass is 32.2. The van der Waals surface area contributed by atoms with E-state index in [2.05, 4.69) is 42.0 Å². The number of aryl methyl sites for hydroxylation is 3.